The van der Waals surface area contributed by atoms with Gasteiger partial charge in [-0.25, -0.2) is 0 Å². The molecule has 0 unspecified atom stereocenters. The average molecular weight is 494 g/mol. The van der Waals surface area contributed by atoms with Gasteiger partial charge in [-0.3, -0.25) is 0 Å². The summed E-state index contributed by atoms with van der Waals surface area (Å²) in [7, 11) is 4.21. The van der Waals surface area contributed by atoms with Gasteiger partial charge in [-0.15, -0.1) is 0 Å². The highest BCUT2D eigenvalue weighted by Crippen LogP contribution is 2.77. The van der Waals surface area contributed by atoms with E-state index in [0.29, 0.717) is 43.3 Å². The zero-order chi connectivity index (χ0) is 24.9. The fourth-order valence-corrected chi connectivity index (χ4v) is 9.77. The Hall–Kier alpha value is -1.40. The smallest absolute Gasteiger partial charge is 0.171 e. The van der Waals surface area contributed by atoms with Crippen molar-refractivity contribution in [1.82, 2.24) is 0 Å². The quantitative estimate of drug-likeness (QED) is 0.567. The van der Waals surface area contributed by atoms with E-state index in [4.69, 9.17) is 14.2 Å². The minimum Gasteiger partial charge on any atom is -0.385 e. The number of allylic oxidation sites excluding steroid dienone is 1. The third-order valence-corrected chi connectivity index (χ3v) is 11.4. The second kappa shape index (κ2) is 7.81. The molecule has 0 aromatic heterocycles. The topological polar surface area (TPSA) is 51.2 Å². The van der Waals surface area contributed by atoms with Gasteiger partial charge in [0.15, 0.2) is 5.79 Å². The van der Waals surface area contributed by atoms with Gasteiger partial charge in [0, 0.05) is 50.6 Å². The van der Waals surface area contributed by atoms with Crippen molar-refractivity contribution >= 4 is 5.69 Å². The van der Waals surface area contributed by atoms with Crippen molar-refractivity contribution in [3.8, 4) is 0 Å². The number of nitrogens with zero attached hydrogens (tertiary/aromatic N) is 1. The molecule has 1 aromatic rings. The van der Waals surface area contributed by atoms with Crippen molar-refractivity contribution in [2.45, 2.75) is 88.1 Å². The second-order valence-electron chi connectivity index (χ2n) is 13.1. The summed E-state index contributed by atoms with van der Waals surface area (Å²) < 4.78 is 18.8. The van der Waals surface area contributed by atoms with Crippen molar-refractivity contribution < 1.29 is 19.3 Å². The lowest BCUT2D eigenvalue weighted by atomic mass is 9.50. The zero-order valence-corrected chi connectivity index (χ0v) is 22.5. The Morgan fingerprint density at radius 1 is 1.08 bits per heavy atom. The Morgan fingerprint density at radius 3 is 2.53 bits per heavy atom. The van der Waals surface area contributed by atoms with Gasteiger partial charge in [0.1, 0.15) is 0 Å². The van der Waals surface area contributed by atoms with Crippen LogP contribution in [-0.2, 0) is 14.2 Å². The molecule has 1 N–H and O–H groups in total. The van der Waals surface area contributed by atoms with E-state index in [1.54, 1.807) is 5.57 Å². The number of anilines is 1. The summed E-state index contributed by atoms with van der Waals surface area (Å²) in [6.45, 7) is 6.82. The van der Waals surface area contributed by atoms with Crippen LogP contribution in [0.25, 0.3) is 0 Å². The van der Waals surface area contributed by atoms with Gasteiger partial charge >= 0.3 is 0 Å². The first-order valence-electron chi connectivity index (χ1n) is 14.4. The minimum atomic E-state index is -0.802. The van der Waals surface area contributed by atoms with Crippen LogP contribution in [0.2, 0.25) is 0 Å². The first-order chi connectivity index (χ1) is 17.2. The maximum atomic E-state index is 12.2. The third-order valence-electron chi connectivity index (χ3n) is 11.4. The third kappa shape index (κ3) is 3.09. The highest BCUT2D eigenvalue weighted by molar-refractivity contribution is 5.50. The van der Waals surface area contributed by atoms with Crippen molar-refractivity contribution in [1.29, 1.82) is 0 Å². The number of ether oxygens (including phenoxy) is 3. The summed E-state index contributed by atoms with van der Waals surface area (Å²) in [5.41, 5.74) is 5.00. The lowest BCUT2D eigenvalue weighted by Gasteiger charge is -2.57. The fourth-order valence-electron chi connectivity index (χ4n) is 9.77. The standard InChI is InChI=1S/C31H43NO4/c1-5-34-31-17-21(31)16-26-23-10-12-29(33)19-30(35-14-15-36-30)13-11-25(29)27(23)24(18-28(26,31)2)20-6-8-22(9-7-20)32(3)4/h6-9,21,23-24,26,33H,5,10-19H2,1-4H3/t21-,23-,24+,26-,28-,29+,31-/m0/s1. The largest absolute Gasteiger partial charge is 0.385 e. The van der Waals surface area contributed by atoms with Gasteiger partial charge in [0.25, 0.3) is 0 Å². The number of hydrogen-bond acceptors (Lipinski definition) is 5. The molecule has 5 aliphatic carbocycles. The predicted molar refractivity (Wildman–Crippen MR) is 140 cm³/mol. The molecule has 196 valence electrons. The molecule has 0 bridgehead atoms. The molecule has 5 fully saturated rings. The Labute approximate surface area is 216 Å². The Kier molecular flexibility index (Phi) is 5.14. The summed E-state index contributed by atoms with van der Waals surface area (Å²) in [6, 6.07) is 9.23. The number of fused-ring (bicyclic) bond motifs is 6. The van der Waals surface area contributed by atoms with Crippen LogP contribution in [0, 0.1) is 23.2 Å². The van der Waals surface area contributed by atoms with E-state index in [9.17, 15) is 5.11 Å². The van der Waals surface area contributed by atoms with Gasteiger partial charge in [-0.05, 0) is 86.5 Å². The van der Waals surface area contributed by atoms with Crippen LogP contribution in [0.5, 0.6) is 0 Å². The summed E-state index contributed by atoms with van der Waals surface area (Å²) >= 11 is 0. The molecule has 0 amide bonds. The van der Waals surface area contributed by atoms with Crippen LogP contribution in [0.1, 0.15) is 76.7 Å². The van der Waals surface area contributed by atoms with Crippen molar-refractivity contribution in [2.75, 3.05) is 38.8 Å². The van der Waals surface area contributed by atoms with Crippen LogP contribution in [0.15, 0.2) is 35.4 Å². The maximum absolute atomic E-state index is 12.2. The molecule has 7 rings (SSSR count). The van der Waals surface area contributed by atoms with E-state index in [-0.39, 0.29) is 11.0 Å². The minimum absolute atomic E-state index is 0.0698. The lowest BCUT2D eigenvalue weighted by molar-refractivity contribution is -0.208. The molecule has 5 nitrogen and oxygen atoms in total. The van der Waals surface area contributed by atoms with Crippen LogP contribution >= 0.6 is 0 Å². The normalized spacial score (nSPS) is 44.1. The van der Waals surface area contributed by atoms with E-state index in [1.807, 2.05) is 0 Å². The first kappa shape index (κ1) is 23.7. The molecule has 0 radical (unpaired) electrons. The van der Waals surface area contributed by atoms with Crippen molar-refractivity contribution in [3.05, 3.63) is 41.0 Å². The molecule has 6 aliphatic rings. The predicted octanol–water partition coefficient (Wildman–Crippen LogP) is 5.43. The fraction of sp³-hybridized carbons (Fsp3) is 0.742. The van der Waals surface area contributed by atoms with Crippen LogP contribution in [0.3, 0.4) is 0 Å². The van der Waals surface area contributed by atoms with Gasteiger partial charge in [0.05, 0.1) is 24.4 Å². The molecule has 1 saturated heterocycles. The monoisotopic (exact) mass is 493 g/mol. The number of aliphatic hydroxyl groups is 1. The van der Waals surface area contributed by atoms with E-state index in [2.05, 4.69) is 57.1 Å². The van der Waals surface area contributed by atoms with Gasteiger partial charge in [-0.2, -0.15) is 0 Å². The molecule has 1 spiro atoms. The number of benzene rings is 1. The van der Waals surface area contributed by atoms with E-state index in [0.717, 1.165) is 38.7 Å². The van der Waals surface area contributed by atoms with Gasteiger partial charge in [0.2, 0.25) is 0 Å². The number of hydrogen-bond donors (Lipinski definition) is 1. The summed E-state index contributed by atoms with van der Waals surface area (Å²) in [5.74, 6) is 1.67. The second-order valence-corrected chi connectivity index (χ2v) is 13.1. The molecule has 5 heteroatoms. The van der Waals surface area contributed by atoms with Crippen molar-refractivity contribution in [3.63, 3.8) is 0 Å². The number of rotatable bonds is 4. The molecular formula is C31H43NO4. The average Bonchev–Trinajstić information content (AvgIpc) is 3.28. The molecule has 1 heterocycles. The molecular weight excluding hydrogens is 450 g/mol. The van der Waals surface area contributed by atoms with E-state index in [1.165, 1.54) is 29.7 Å². The first-order valence-corrected chi connectivity index (χ1v) is 14.4. The molecule has 36 heavy (non-hydrogen) atoms. The van der Waals surface area contributed by atoms with E-state index < -0.39 is 11.4 Å². The van der Waals surface area contributed by atoms with Crippen LogP contribution in [-0.4, -0.2) is 56.0 Å². The Balaban J connectivity index is 1.34. The molecule has 4 saturated carbocycles. The lowest BCUT2D eigenvalue weighted by Crippen LogP contribution is -2.54. The summed E-state index contributed by atoms with van der Waals surface area (Å²) in [6.07, 6.45) is 7.88. The van der Waals surface area contributed by atoms with Gasteiger partial charge in [-0.1, -0.05) is 24.6 Å². The highest BCUT2D eigenvalue weighted by atomic mass is 16.7. The Bertz CT molecular complexity index is 1070. The SMILES string of the molecule is CCO[C@@]12C[C@@H]1C[C@H]1[C@@H]3CC[C@@]4(O)CC5(CCC4=C3[C@@H](c3ccc(N(C)C)cc3)C[C@@]12C)OCCO5. The highest BCUT2D eigenvalue weighted by Gasteiger charge is 2.76. The van der Waals surface area contributed by atoms with Crippen LogP contribution < -0.4 is 4.90 Å². The van der Waals surface area contributed by atoms with E-state index >= 15 is 0 Å². The maximum Gasteiger partial charge on any atom is 0.171 e. The van der Waals surface area contributed by atoms with Crippen molar-refractivity contribution in [2.24, 2.45) is 23.2 Å². The van der Waals surface area contributed by atoms with Crippen LogP contribution in [0.4, 0.5) is 5.69 Å². The van der Waals surface area contributed by atoms with Gasteiger partial charge < -0.3 is 24.2 Å². The zero-order valence-electron chi connectivity index (χ0n) is 22.5. The molecule has 1 aliphatic heterocycles. The molecule has 7 atom stereocenters. The summed E-state index contributed by atoms with van der Waals surface area (Å²) in [5, 5.41) is 12.2. The molecule has 1 aromatic carbocycles. The Morgan fingerprint density at radius 2 is 1.83 bits per heavy atom. The summed E-state index contributed by atoms with van der Waals surface area (Å²) in [4.78, 5) is 2.17.